The standard InChI is InChI=1S/C6H6N4O2.C6H7O4P/c1-2-7-3-4(8-2)9-6(12)10-5(3)11;7-11(8,9)10-6-4-2-1-3-5-6/h1H3,(H3,7,8,9,10,11,12);1-5H,(H2,7,8,9). The first-order valence-corrected chi connectivity index (χ1v) is 7.77. The van der Waals surface area contributed by atoms with Crippen molar-refractivity contribution < 1.29 is 18.9 Å². The average molecular weight is 340 g/mol. The Morgan fingerprint density at radius 2 is 1.74 bits per heavy atom. The van der Waals surface area contributed by atoms with Crippen molar-refractivity contribution in [1.29, 1.82) is 0 Å². The van der Waals surface area contributed by atoms with Gasteiger partial charge in [-0.1, -0.05) is 18.2 Å². The van der Waals surface area contributed by atoms with Gasteiger partial charge >= 0.3 is 13.5 Å². The van der Waals surface area contributed by atoms with E-state index in [0.29, 0.717) is 17.0 Å². The highest BCUT2D eigenvalue weighted by molar-refractivity contribution is 7.46. The molecule has 3 aromatic rings. The smallest absolute Gasteiger partial charge is 0.404 e. The summed E-state index contributed by atoms with van der Waals surface area (Å²) in [5.74, 6) is 0.762. The molecule has 11 heteroatoms. The van der Waals surface area contributed by atoms with Gasteiger partial charge in [-0.05, 0) is 19.1 Å². The van der Waals surface area contributed by atoms with Crippen molar-refractivity contribution in [3.8, 4) is 5.75 Å². The van der Waals surface area contributed by atoms with Crippen molar-refractivity contribution in [3.63, 3.8) is 0 Å². The second-order valence-electron chi connectivity index (χ2n) is 4.35. The Labute approximate surface area is 128 Å². The van der Waals surface area contributed by atoms with Gasteiger partial charge < -0.3 is 9.51 Å². The van der Waals surface area contributed by atoms with E-state index in [-0.39, 0.29) is 5.75 Å². The molecule has 0 fully saturated rings. The van der Waals surface area contributed by atoms with E-state index in [4.69, 9.17) is 9.79 Å². The third-order valence-electron chi connectivity index (χ3n) is 2.48. The van der Waals surface area contributed by atoms with Gasteiger partial charge in [0.25, 0.3) is 5.56 Å². The number of rotatable bonds is 2. The molecule has 0 amide bonds. The van der Waals surface area contributed by atoms with Crippen LogP contribution in [0.4, 0.5) is 0 Å². The number of imidazole rings is 1. The van der Waals surface area contributed by atoms with Crippen molar-refractivity contribution in [2.24, 2.45) is 0 Å². The van der Waals surface area contributed by atoms with Crippen LogP contribution >= 0.6 is 7.82 Å². The molecule has 0 saturated heterocycles. The van der Waals surface area contributed by atoms with E-state index >= 15 is 0 Å². The Morgan fingerprint density at radius 3 is 2.35 bits per heavy atom. The first kappa shape index (κ1) is 16.7. The predicted molar refractivity (Wildman–Crippen MR) is 81.2 cm³/mol. The van der Waals surface area contributed by atoms with Gasteiger partial charge in [0.1, 0.15) is 17.1 Å². The van der Waals surface area contributed by atoms with E-state index < -0.39 is 19.1 Å². The van der Waals surface area contributed by atoms with Crippen LogP contribution in [-0.4, -0.2) is 29.7 Å². The minimum absolute atomic E-state index is 0.167. The van der Waals surface area contributed by atoms with Gasteiger partial charge in [0.2, 0.25) is 0 Å². The molecule has 0 radical (unpaired) electrons. The number of benzene rings is 1. The molecule has 1 aromatic carbocycles. The van der Waals surface area contributed by atoms with Crippen LogP contribution in [-0.2, 0) is 4.57 Å². The second-order valence-corrected chi connectivity index (χ2v) is 5.51. The lowest BCUT2D eigenvalue weighted by Gasteiger charge is -2.04. The molecule has 0 spiro atoms. The number of para-hydroxylation sites is 1. The summed E-state index contributed by atoms with van der Waals surface area (Å²) in [5.41, 5.74) is -0.401. The summed E-state index contributed by atoms with van der Waals surface area (Å²) in [6, 6.07) is 7.93. The molecule has 0 bridgehead atoms. The molecule has 0 aliphatic heterocycles. The van der Waals surface area contributed by atoms with E-state index in [1.807, 2.05) is 0 Å². The summed E-state index contributed by atoms with van der Waals surface area (Å²) < 4.78 is 14.5. The molecule has 3 rings (SSSR count). The van der Waals surface area contributed by atoms with Crippen LogP contribution in [0, 0.1) is 6.92 Å². The number of aryl methyl sites for hydroxylation is 1. The molecular weight excluding hydrogens is 327 g/mol. The third kappa shape index (κ3) is 4.92. The number of fused-ring (bicyclic) bond motifs is 1. The maximum absolute atomic E-state index is 11.1. The fourth-order valence-corrected chi connectivity index (χ4v) is 2.07. The minimum Gasteiger partial charge on any atom is -0.404 e. The molecule has 122 valence electrons. The van der Waals surface area contributed by atoms with Crippen LogP contribution in [0.5, 0.6) is 5.75 Å². The fourth-order valence-electron chi connectivity index (χ4n) is 1.67. The molecule has 10 nitrogen and oxygen atoms in total. The topological polar surface area (TPSA) is 161 Å². The number of hydrogen-bond acceptors (Lipinski definition) is 5. The van der Waals surface area contributed by atoms with Crippen LogP contribution in [0.25, 0.3) is 11.2 Å². The highest BCUT2D eigenvalue weighted by atomic mass is 31.2. The first-order chi connectivity index (χ1) is 10.7. The quantitative estimate of drug-likeness (QED) is 0.422. The number of aromatic amines is 3. The highest BCUT2D eigenvalue weighted by Crippen LogP contribution is 2.36. The molecule has 23 heavy (non-hydrogen) atoms. The summed E-state index contributed by atoms with van der Waals surface area (Å²) in [6.07, 6.45) is 0. The predicted octanol–water partition coefficient (Wildman–Crippen LogP) is 0.406. The second kappa shape index (κ2) is 6.61. The molecule has 0 atom stereocenters. The van der Waals surface area contributed by atoms with E-state index in [1.165, 1.54) is 12.1 Å². The van der Waals surface area contributed by atoms with Crippen LogP contribution in [0.2, 0.25) is 0 Å². The first-order valence-electron chi connectivity index (χ1n) is 6.24. The zero-order chi connectivity index (χ0) is 17.0. The zero-order valence-electron chi connectivity index (χ0n) is 11.8. The fraction of sp³-hybridized carbons (Fsp3) is 0.0833. The number of H-pyrrole nitrogens is 3. The van der Waals surface area contributed by atoms with Crippen LogP contribution < -0.4 is 15.8 Å². The zero-order valence-corrected chi connectivity index (χ0v) is 12.7. The highest BCUT2D eigenvalue weighted by Gasteiger charge is 2.14. The van der Waals surface area contributed by atoms with Gasteiger partial charge in [-0.15, -0.1) is 0 Å². The number of aromatic nitrogens is 4. The van der Waals surface area contributed by atoms with Crippen molar-refractivity contribution in [2.75, 3.05) is 0 Å². The summed E-state index contributed by atoms with van der Waals surface area (Å²) in [7, 11) is -4.39. The largest absolute Gasteiger partial charge is 0.524 e. The van der Waals surface area contributed by atoms with Gasteiger partial charge in [-0.2, -0.15) is 0 Å². The van der Waals surface area contributed by atoms with Gasteiger partial charge in [0, 0.05) is 0 Å². The number of nitrogens with one attached hydrogen (secondary N) is 3. The molecule has 0 aliphatic rings. The van der Waals surface area contributed by atoms with Gasteiger partial charge in [-0.25, -0.2) is 14.3 Å². The van der Waals surface area contributed by atoms with E-state index in [2.05, 4.69) is 24.5 Å². The van der Waals surface area contributed by atoms with E-state index in [1.54, 1.807) is 25.1 Å². The molecular formula is C12H13N4O6P. The van der Waals surface area contributed by atoms with Crippen molar-refractivity contribution in [3.05, 3.63) is 57.0 Å². The number of hydrogen-bond donors (Lipinski definition) is 5. The maximum Gasteiger partial charge on any atom is 0.524 e. The lowest BCUT2D eigenvalue weighted by molar-refractivity contribution is 0.283. The number of phosphoric acid groups is 1. The summed E-state index contributed by atoms with van der Waals surface area (Å²) >= 11 is 0. The van der Waals surface area contributed by atoms with Gasteiger partial charge in [-0.3, -0.25) is 24.5 Å². The Balaban J connectivity index is 0.000000168. The molecule has 5 N–H and O–H groups in total. The molecule has 0 saturated carbocycles. The number of phosphoric ester groups is 1. The summed E-state index contributed by atoms with van der Waals surface area (Å²) in [5, 5.41) is 0. The maximum atomic E-state index is 11.1. The Bertz CT molecular complexity index is 955. The van der Waals surface area contributed by atoms with E-state index in [9.17, 15) is 14.2 Å². The monoisotopic (exact) mass is 340 g/mol. The summed E-state index contributed by atoms with van der Waals surface area (Å²) in [6.45, 7) is 1.71. The normalized spacial score (nSPS) is 10.9. The average Bonchev–Trinajstić information content (AvgIpc) is 2.79. The Kier molecular flexibility index (Phi) is 4.80. The molecule has 0 aliphatic carbocycles. The van der Waals surface area contributed by atoms with E-state index in [0.717, 1.165) is 0 Å². The minimum atomic E-state index is -4.39. The van der Waals surface area contributed by atoms with Crippen molar-refractivity contribution >= 4 is 19.0 Å². The number of nitrogens with zero attached hydrogens (tertiary/aromatic N) is 1. The Hall–Kier alpha value is -2.68. The lowest BCUT2D eigenvalue weighted by Crippen LogP contribution is -2.21. The van der Waals surface area contributed by atoms with Crippen LogP contribution in [0.3, 0.4) is 0 Å². The third-order valence-corrected chi connectivity index (χ3v) is 2.92. The molecule has 2 aromatic heterocycles. The van der Waals surface area contributed by atoms with Crippen LogP contribution in [0.15, 0.2) is 39.9 Å². The lowest BCUT2D eigenvalue weighted by atomic mass is 10.3. The van der Waals surface area contributed by atoms with Crippen molar-refractivity contribution in [1.82, 2.24) is 19.9 Å². The summed E-state index contributed by atoms with van der Waals surface area (Å²) in [4.78, 5) is 49.7. The molecule has 0 unspecified atom stereocenters. The van der Waals surface area contributed by atoms with Crippen molar-refractivity contribution in [2.45, 2.75) is 6.92 Å². The SMILES string of the molecule is Cc1nc2[nH]c(=O)[nH]c(=O)c2[nH]1.O=P(O)(O)Oc1ccccc1. The Morgan fingerprint density at radius 1 is 1.09 bits per heavy atom. The van der Waals surface area contributed by atoms with Gasteiger partial charge in [0.15, 0.2) is 5.65 Å². The van der Waals surface area contributed by atoms with Crippen LogP contribution in [0.1, 0.15) is 5.82 Å². The van der Waals surface area contributed by atoms with Gasteiger partial charge in [0.05, 0.1) is 0 Å². The molecule has 2 heterocycles.